The van der Waals surface area contributed by atoms with Gasteiger partial charge in [0.05, 0.1) is 5.69 Å². The van der Waals surface area contributed by atoms with Crippen molar-refractivity contribution in [3.05, 3.63) is 11.5 Å². The minimum atomic E-state index is -0.589. The van der Waals surface area contributed by atoms with Gasteiger partial charge in [0.25, 0.3) is 0 Å². The third kappa shape index (κ3) is 1.49. The van der Waals surface area contributed by atoms with Crippen molar-refractivity contribution in [3.63, 3.8) is 0 Å². The van der Waals surface area contributed by atoms with E-state index in [0.29, 0.717) is 11.6 Å². The lowest BCUT2D eigenvalue weighted by Gasteiger charge is -2.03. The van der Waals surface area contributed by atoms with Crippen molar-refractivity contribution in [1.82, 2.24) is 9.55 Å². The number of amides is 1. The van der Waals surface area contributed by atoms with Gasteiger partial charge < -0.3 is 11.5 Å². The Morgan fingerprint density at radius 3 is 2.31 bits per heavy atom. The lowest BCUT2D eigenvalue weighted by Crippen LogP contribution is -2.22. The van der Waals surface area contributed by atoms with Crippen molar-refractivity contribution in [2.75, 3.05) is 5.73 Å². The predicted molar refractivity (Wildman–Crippen MR) is 50.4 cm³/mol. The summed E-state index contributed by atoms with van der Waals surface area (Å²) in [4.78, 5) is 15.1. The van der Waals surface area contributed by atoms with Gasteiger partial charge in [-0.1, -0.05) is 13.8 Å². The molecule has 0 atom stereocenters. The second-order valence-electron chi connectivity index (χ2n) is 3.26. The average molecular weight is 182 g/mol. The maximum absolute atomic E-state index is 10.9. The second-order valence-corrected chi connectivity index (χ2v) is 3.26. The molecule has 0 bridgehead atoms. The second kappa shape index (κ2) is 3.08. The number of aryl methyl sites for hydroxylation is 1. The largest absolute Gasteiger partial charge is 0.383 e. The maximum atomic E-state index is 10.9. The molecule has 0 fully saturated rings. The zero-order valence-electron chi connectivity index (χ0n) is 8.03. The molecule has 1 heterocycles. The van der Waals surface area contributed by atoms with E-state index in [9.17, 15) is 4.79 Å². The number of nitrogens with zero attached hydrogens (tertiary/aromatic N) is 2. The van der Waals surface area contributed by atoms with Crippen LogP contribution in [0.3, 0.4) is 0 Å². The minimum absolute atomic E-state index is 0.194. The van der Waals surface area contributed by atoms with E-state index in [1.54, 1.807) is 6.92 Å². The Hall–Kier alpha value is -1.52. The highest BCUT2D eigenvalue weighted by molar-refractivity contribution is 5.79. The lowest BCUT2D eigenvalue weighted by atomic mass is 10.1. The normalized spacial score (nSPS) is 10.8. The molecule has 0 aliphatic rings. The van der Waals surface area contributed by atoms with Crippen LogP contribution >= 0.6 is 0 Å². The molecule has 0 aliphatic heterocycles. The molecule has 1 amide bonds. The molecular formula is C8H14N4O. The van der Waals surface area contributed by atoms with E-state index in [1.807, 2.05) is 13.8 Å². The van der Waals surface area contributed by atoms with Crippen molar-refractivity contribution in [1.29, 1.82) is 0 Å². The number of rotatable bonds is 1. The molecule has 13 heavy (non-hydrogen) atoms. The molecule has 5 heteroatoms. The van der Waals surface area contributed by atoms with E-state index in [4.69, 9.17) is 11.5 Å². The van der Waals surface area contributed by atoms with E-state index in [2.05, 4.69) is 4.98 Å². The number of hydrogen-bond donors (Lipinski definition) is 2. The van der Waals surface area contributed by atoms with Crippen LogP contribution in [0.2, 0.25) is 0 Å². The lowest BCUT2D eigenvalue weighted by molar-refractivity contribution is 0.250. The summed E-state index contributed by atoms with van der Waals surface area (Å²) < 4.78 is 1.22. The molecule has 0 aliphatic carbocycles. The molecule has 0 spiro atoms. The third-order valence-corrected chi connectivity index (χ3v) is 1.88. The monoisotopic (exact) mass is 182 g/mol. The van der Waals surface area contributed by atoms with Gasteiger partial charge in [-0.15, -0.1) is 0 Å². The average Bonchev–Trinajstić information content (AvgIpc) is 2.26. The van der Waals surface area contributed by atoms with Crippen LogP contribution in [0.1, 0.15) is 31.3 Å². The van der Waals surface area contributed by atoms with Gasteiger partial charge in [0, 0.05) is 0 Å². The Bertz CT molecular complexity index is 340. The van der Waals surface area contributed by atoms with Gasteiger partial charge in [-0.25, -0.2) is 14.3 Å². The van der Waals surface area contributed by atoms with Crippen molar-refractivity contribution in [2.45, 2.75) is 26.7 Å². The number of anilines is 1. The summed E-state index contributed by atoms with van der Waals surface area (Å²) >= 11 is 0. The van der Waals surface area contributed by atoms with Gasteiger partial charge in [-0.05, 0) is 12.8 Å². The number of carbonyl (C=O) groups is 1. The molecule has 4 N–H and O–H groups in total. The number of hydrogen-bond acceptors (Lipinski definition) is 3. The van der Waals surface area contributed by atoms with E-state index in [-0.39, 0.29) is 5.92 Å². The van der Waals surface area contributed by atoms with Gasteiger partial charge in [0.1, 0.15) is 11.6 Å². The smallest absolute Gasteiger partial charge is 0.326 e. The van der Waals surface area contributed by atoms with Crippen LogP contribution in [0.15, 0.2) is 0 Å². The molecule has 0 saturated heterocycles. The fraction of sp³-hybridized carbons (Fsp3) is 0.500. The van der Waals surface area contributed by atoms with Gasteiger partial charge in [-0.2, -0.15) is 0 Å². The topological polar surface area (TPSA) is 86.9 Å². The van der Waals surface area contributed by atoms with Crippen molar-refractivity contribution in [2.24, 2.45) is 5.73 Å². The van der Waals surface area contributed by atoms with Crippen LogP contribution in [0, 0.1) is 6.92 Å². The Labute approximate surface area is 76.7 Å². The first kappa shape index (κ1) is 9.57. The summed E-state index contributed by atoms with van der Waals surface area (Å²) in [7, 11) is 0. The first-order valence-corrected chi connectivity index (χ1v) is 4.09. The number of aromatic nitrogens is 2. The van der Waals surface area contributed by atoms with Crippen LogP contribution in [-0.2, 0) is 0 Å². The van der Waals surface area contributed by atoms with Crippen LogP contribution in [-0.4, -0.2) is 15.6 Å². The zero-order valence-corrected chi connectivity index (χ0v) is 8.03. The summed E-state index contributed by atoms with van der Waals surface area (Å²) in [6, 6.07) is -0.589. The third-order valence-electron chi connectivity index (χ3n) is 1.88. The summed E-state index contributed by atoms with van der Waals surface area (Å²) in [5, 5.41) is 0. The summed E-state index contributed by atoms with van der Waals surface area (Å²) in [5.74, 6) is 1.08. The first-order chi connectivity index (χ1) is 5.95. The van der Waals surface area contributed by atoms with E-state index in [1.165, 1.54) is 4.57 Å². The van der Waals surface area contributed by atoms with Gasteiger partial charge in [0.15, 0.2) is 0 Å². The highest BCUT2D eigenvalue weighted by Gasteiger charge is 2.16. The summed E-state index contributed by atoms with van der Waals surface area (Å²) in [6.45, 7) is 5.62. The molecule has 5 nitrogen and oxygen atoms in total. The minimum Gasteiger partial charge on any atom is -0.383 e. The molecule has 0 unspecified atom stereocenters. The highest BCUT2D eigenvalue weighted by Crippen LogP contribution is 2.21. The van der Waals surface area contributed by atoms with Crippen LogP contribution in [0.5, 0.6) is 0 Å². The van der Waals surface area contributed by atoms with Crippen LogP contribution in [0.25, 0.3) is 0 Å². The standard InChI is InChI=1S/C8H14N4O/c1-4(2)6-7(9)12(8(10)13)5(3)11-6/h4H,9H2,1-3H3,(H2,10,13). The van der Waals surface area contributed by atoms with E-state index in [0.717, 1.165) is 5.69 Å². The number of primary amides is 1. The van der Waals surface area contributed by atoms with Crippen molar-refractivity contribution >= 4 is 11.8 Å². The Morgan fingerprint density at radius 2 is 2.08 bits per heavy atom. The highest BCUT2D eigenvalue weighted by atomic mass is 16.2. The van der Waals surface area contributed by atoms with E-state index >= 15 is 0 Å². The fourth-order valence-electron chi connectivity index (χ4n) is 1.27. The molecule has 0 radical (unpaired) electrons. The Morgan fingerprint density at radius 1 is 1.54 bits per heavy atom. The van der Waals surface area contributed by atoms with Gasteiger partial charge in [0.2, 0.25) is 0 Å². The number of imidazole rings is 1. The SMILES string of the molecule is Cc1nc(C(C)C)c(N)n1C(N)=O. The first-order valence-electron chi connectivity index (χ1n) is 4.09. The van der Waals surface area contributed by atoms with Crippen molar-refractivity contribution < 1.29 is 4.79 Å². The Kier molecular flexibility index (Phi) is 2.27. The predicted octanol–water partition coefficient (Wildman–Crippen LogP) is 0.824. The molecule has 1 rings (SSSR count). The summed E-state index contributed by atoms with van der Waals surface area (Å²) in [6.07, 6.45) is 0. The molecular weight excluding hydrogens is 168 g/mol. The van der Waals surface area contributed by atoms with Gasteiger partial charge >= 0.3 is 6.03 Å². The molecule has 0 aromatic carbocycles. The van der Waals surface area contributed by atoms with Crippen LogP contribution < -0.4 is 11.5 Å². The molecule has 0 saturated carbocycles. The quantitative estimate of drug-likeness (QED) is 0.674. The number of nitrogen functional groups attached to an aromatic ring is 1. The van der Waals surface area contributed by atoms with Crippen LogP contribution in [0.4, 0.5) is 10.6 Å². The van der Waals surface area contributed by atoms with Crippen molar-refractivity contribution in [3.8, 4) is 0 Å². The maximum Gasteiger partial charge on any atom is 0.326 e. The van der Waals surface area contributed by atoms with Gasteiger partial charge in [-0.3, -0.25) is 0 Å². The fourth-order valence-corrected chi connectivity index (χ4v) is 1.27. The molecule has 1 aromatic rings. The molecule has 1 aromatic heterocycles. The van der Waals surface area contributed by atoms with E-state index < -0.39 is 6.03 Å². The number of carbonyl (C=O) groups excluding carboxylic acids is 1. The number of nitrogens with two attached hydrogens (primary N) is 2. The Balaban J connectivity index is 3.30. The zero-order chi connectivity index (χ0) is 10.2. The summed E-state index contributed by atoms with van der Waals surface area (Å²) in [5.41, 5.74) is 11.6. The molecule has 72 valence electrons.